The Morgan fingerprint density at radius 1 is 1.06 bits per heavy atom. The van der Waals surface area contributed by atoms with E-state index >= 15 is 0 Å². The molecule has 1 N–H and O–H groups in total. The molecular formula is C25H32N6OS. The lowest BCUT2D eigenvalue weighted by Crippen LogP contribution is -2.46. The Balaban J connectivity index is 1.18. The minimum atomic E-state index is 0.0851. The predicted octanol–water partition coefficient (Wildman–Crippen LogP) is 4.05. The monoisotopic (exact) mass is 464 g/mol. The SMILES string of the molecule is Cc1nnc(-c2ccc3cnc(NC(=O)[C@H]4CC[C@H](CN5CCN(C)CC5)CC4)cc3c2)s1. The van der Waals surface area contributed by atoms with E-state index in [0.717, 1.165) is 58.0 Å². The maximum absolute atomic E-state index is 12.9. The molecule has 1 saturated carbocycles. The molecule has 0 radical (unpaired) electrons. The Morgan fingerprint density at radius 3 is 2.58 bits per heavy atom. The molecule has 5 rings (SSSR count). The number of piperazine rings is 1. The minimum Gasteiger partial charge on any atom is -0.310 e. The third-order valence-corrected chi connectivity index (χ3v) is 7.96. The van der Waals surface area contributed by atoms with E-state index in [1.54, 1.807) is 11.3 Å². The van der Waals surface area contributed by atoms with Crippen LogP contribution in [0.5, 0.6) is 0 Å². The second-order valence-electron chi connectivity index (χ2n) is 9.57. The van der Waals surface area contributed by atoms with Crippen LogP contribution in [0.4, 0.5) is 5.82 Å². The first-order valence-corrected chi connectivity index (χ1v) is 12.8. The number of aromatic nitrogens is 3. The van der Waals surface area contributed by atoms with E-state index in [-0.39, 0.29) is 11.8 Å². The molecule has 8 heteroatoms. The highest BCUT2D eigenvalue weighted by molar-refractivity contribution is 7.14. The highest BCUT2D eigenvalue weighted by Gasteiger charge is 2.28. The lowest BCUT2D eigenvalue weighted by Gasteiger charge is -2.36. The summed E-state index contributed by atoms with van der Waals surface area (Å²) in [7, 11) is 2.20. The lowest BCUT2D eigenvalue weighted by molar-refractivity contribution is -0.121. The quantitative estimate of drug-likeness (QED) is 0.614. The number of aryl methyl sites for hydroxylation is 1. The Morgan fingerprint density at radius 2 is 1.85 bits per heavy atom. The van der Waals surface area contributed by atoms with Crippen molar-refractivity contribution >= 4 is 33.8 Å². The number of hydrogen-bond donors (Lipinski definition) is 1. The van der Waals surface area contributed by atoms with E-state index in [1.165, 1.54) is 32.7 Å². The second-order valence-corrected chi connectivity index (χ2v) is 10.8. The van der Waals surface area contributed by atoms with Gasteiger partial charge in [0.25, 0.3) is 0 Å². The predicted molar refractivity (Wildman–Crippen MR) is 133 cm³/mol. The van der Waals surface area contributed by atoms with Gasteiger partial charge in [0.05, 0.1) is 0 Å². The number of carbonyl (C=O) groups is 1. The molecule has 0 bridgehead atoms. The van der Waals surface area contributed by atoms with Crippen LogP contribution in [0, 0.1) is 18.8 Å². The number of nitrogens with one attached hydrogen (secondary N) is 1. The topological polar surface area (TPSA) is 74.2 Å². The van der Waals surface area contributed by atoms with Crippen LogP contribution in [0.1, 0.15) is 30.7 Å². The van der Waals surface area contributed by atoms with E-state index in [1.807, 2.05) is 31.3 Å². The summed E-state index contributed by atoms with van der Waals surface area (Å²) in [5.41, 5.74) is 1.04. The van der Waals surface area contributed by atoms with Crippen LogP contribution in [-0.4, -0.2) is 70.7 Å². The van der Waals surface area contributed by atoms with Crippen molar-refractivity contribution in [1.82, 2.24) is 25.0 Å². The van der Waals surface area contributed by atoms with Gasteiger partial charge < -0.3 is 15.1 Å². The van der Waals surface area contributed by atoms with Gasteiger partial charge in [-0.1, -0.05) is 23.5 Å². The molecular weight excluding hydrogens is 432 g/mol. The number of likely N-dealkylation sites (N-methyl/N-ethyl adjacent to an activating group) is 1. The number of hydrogen-bond acceptors (Lipinski definition) is 7. The fourth-order valence-electron chi connectivity index (χ4n) is 4.99. The van der Waals surface area contributed by atoms with Crippen molar-refractivity contribution in [2.24, 2.45) is 11.8 Å². The van der Waals surface area contributed by atoms with Crippen molar-refractivity contribution in [2.75, 3.05) is 45.1 Å². The molecule has 1 saturated heterocycles. The molecule has 0 atom stereocenters. The Labute approximate surface area is 199 Å². The first kappa shape index (κ1) is 22.4. The molecule has 2 fully saturated rings. The van der Waals surface area contributed by atoms with Crippen LogP contribution < -0.4 is 5.32 Å². The summed E-state index contributed by atoms with van der Waals surface area (Å²) in [5, 5.41) is 15.4. The second kappa shape index (κ2) is 9.83. The van der Waals surface area contributed by atoms with Gasteiger partial charge in [0.2, 0.25) is 5.91 Å². The zero-order valence-corrected chi connectivity index (χ0v) is 20.3. The van der Waals surface area contributed by atoms with Gasteiger partial charge in [0, 0.05) is 55.8 Å². The largest absolute Gasteiger partial charge is 0.310 e. The van der Waals surface area contributed by atoms with Crippen molar-refractivity contribution in [3.05, 3.63) is 35.5 Å². The van der Waals surface area contributed by atoms with Gasteiger partial charge in [0.1, 0.15) is 15.8 Å². The van der Waals surface area contributed by atoms with E-state index in [9.17, 15) is 4.79 Å². The highest BCUT2D eigenvalue weighted by atomic mass is 32.1. The molecule has 1 aromatic carbocycles. The molecule has 2 aromatic heterocycles. The number of anilines is 1. The number of benzene rings is 1. The van der Waals surface area contributed by atoms with Gasteiger partial charge in [-0.15, -0.1) is 10.2 Å². The summed E-state index contributed by atoms with van der Waals surface area (Å²) in [4.78, 5) is 22.4. The average Bonchev–Trinajstić information content (AvgIpc) is 3.27. The maximum atomic E-state index is 12.9. The first-order chi connectivity index (χ1) is 16.0. The summed E-state index contributed by atoms with van der Waals surface area (Å²) in [5.74, 6) is 1.54. The first-order valence-electron chi connectivity index (χ1n) is 12.0. The number of carbonyl (C=O) groups excluding carboxylic acids is 1. The Kier molecular flexibility index (Phi) is 6.66. The van der Waals surface area contributed by atoms with Crippen molar-refractivity contribution in [1.29, 1.82) is 0 Å². The van der Waals surface area contributed by atoms with E-state index in [0.29, 0.717) is 5.82 Å². The van der Waals surface area contributed by atoms with Gasteiger partial charge in [-0.2, -0.15) is 0 Å². The van der Waals surface area contributed by atoms with Crippen LogP contribution in [0.15, 0.2) is 30.5 Å². The van der Waals surface area contributed by atoms with Gasteiger partial charge in [-0.25, -0.2) is 4.98 Å². The van der Waals surface area contributed by atoms with Gasteiger partial charge >= 0.3 is 0 Å². The van der Waals surface area contributed by atoms with Crippen molar-refractivity contribution in [3.8, 4) is 10.6 Å². The Hall–Kier alpha value is -2.42. The fourth-order valence-corrected chi connectivity index (χ4v) is 5.67. The molecule has 1 aliphatic carbocycles. The standard InChI is InChI=1S/C25H32N6OS/c1-17-28-29-25(33-17)20-7-8-21-15-26-23(14-22(21)13-20)27-24(32)19-5-3-18(4-6-19)16-31-11-9-30(2)10-12-31/h7-8,13-15,18-19H,3-6,9-12,16H2,1-2H3,(H,26,27,32)/t18-,19-. The van der Waals surface area contributed by atoms with Crippen LogP contribution in [0.25, 0.3) is 21.3 Å². The molecule has 0 spiro atoms. The Bertz CT molecular complexity index is 1120. The molecule has 1 aliphatic heterocycles. The summed E-state index contributed by atoms with van der Waals surface area (Å²) >= 11 is 1.58. The lowest BCUT2D eigenvalue weighted by atomic mass is 9.81. The van der Waals surface area contributed by atoms with E-state index in [2.05, 4.69) is 43.4 Å². The van der Waals surface area contributed by atoms with Crippen LogP contribution in [0.3, 0.4) is 0 Å². The molecule has 7 nitrogen and oxygen atoms in total. The molecule has 2 aliphatic rings. The number of amides is 1. The van der Waals surface area contributed by atoms with Gasteiger partial charge in [-0.3, -0.25) is 4.79 Å². The number of nitrogens with zero attached hydrogens (tertiary/aromatic N) is 5. The van der Waals surface area contributed by atoms with Crippen molar-refractivity contribution in [2.45, 2.75) is 32.6 Å². The van der Waals surface area contributed by atoms with Crippen molar-refractivity contribution < 1.29 is 4.79 Å². The maximum Gasteiger partial charge on any atom is 0.228 e. The fraction of sp³-hybridized carbons (Fsp3) is 0.520. The molecule has 3 aromatic rings. The molecule has 33 heavy (non-hydrogen) atoms. The third-order valence-electron chi connectivity index (χ3n) is 7.08. The number of fused-ring (bicyclic) bond motifs is 1. The zero-order valence-electron chi connectivity index (χ0n) is 19.5. The van der Waals surface area contributed by atoms with E-state index < -0.39 is 0 Å². The van der Waals surface area contributed by atoms with Gasteiger partial charge in [0.15, 0.2) is 0 Å². The van der Waals surface area contributed by atoms with E-state index in [4.69, 9.17) is 0 Å². The summed E-state index contributed by atoms with van der Waals surface area (Å²) in [6, 6.07) is 8.14. The van der Waals surface area contributed by atoms with Crippen LogP contribution >= 0.6 is 11.3 Å². The van der Waals surface area contributed by atoms with Gasteiger partial charge in [-0.05, 0) is 63.1 Å². The summed E-state index contributed by atoms with van der Waals surface area (Å²) in [6.07, 6.45) is 6.05. The molecule has 0 unspecified atom stereocenters. The number of pyridine rings is 1. The average molecular weight is 465 g/mol. The molecule has 174 valence electrons. The normalized spacial score (nSPS) is 22.5. The molecule has 1 amide bonds. The zero-order chi connectivity index (χ0) is 22.8. The number of rotatable bonds is 5. The van der Waals surface area contributed by atoms with Crippen LogP contribution in [0.2, 0.25) is 0 Å². The summed E-state index contributed by atoms with van der Waals surface area (Å²) < 4.78 is 0. The van der Waals surface area contributed by atoms with Crippen molar-refractivity contribution in [3.63, 3.8) is 0 Å². The minimum absolute atomic E-state index is 0.0851. The smallest absolute Gasteiger partial charge is 0.228 e. The molecule has 3 heterocycles. The highest BCUT2D eigenvalue weighted by Crippen LogP contribution is 2.31. The third kappa shape index (κ3) is 5.39. The van der Waals surface area contributed by atoms with Crippen LogP contribution in [-0.2, 0) is 4.79 Å². The summed E-state index contributed by atoms with van der Waals surface area (Å²) in [6.45, 7) is 7.82.